The van der Waals surface area contributed by atoms with Gasteiger partial charge in [0.2, 0.25) is 5.91 Å². The summed E-state index contributed by atoms with van der Waals surface area (Å²) in [5, 5.41) is 2.51. The third-order valence-electron chi connectivity index (χ3n) is 2.46. The summed E-state index contributed by atoms with van der Waals surface area (Å²) in [6, 6.07) is 9.43. The number of urea groups is 1. The summed E-state index contributed by atoms with van der Waals surface area (Å²) in [6.45, 7) is 3.35. The summed E-state index contributed by atoms with van der Waals surface area (Å²) >= 11 is 0. The Morgan fingerprint density at radius 2 is 1.90 bits per heavy atom. The normalized spacial score (nSPS) is 9.85. The average molecular weight is 279 g/mol. The van der Waals surface area contributed by atoms with Gasteiger partial charge in [-0.05, 0) is 18.9 Å². The molecule has 0 spiro atoms. The van der Waals surface area contributed by atoms with E-state index in [0.29, 0.717) is 32.6 Å². The van der Waals surface area contributed by atoms with Gasteiger partial charge in [-0.25, -0.2) is 10.2 Å². The molecule has 1 rings (SSSR count). The van der Waals surface area contributed by atoms with Gasteiger partial charge in [-0.3, -0.25) is 10.2 Å². The molecule has 6 heteroatoms. The Morgan fingerprint density at radius 1 is 1.15 bits per heavy atom. The summed E-state index contributed by atoms with van der Waals surface area (Å²) in [5.74, 6) is -0.237. The lowest BCUT2D eigenvalue weighted by molar-refractivity contribution is -0.122. The number of benzene rings is 1. The fourth-order valence-electron chi connectivity index (χ4n) is 1.49. The second-order valence-electron chi connectivity index (χ2n) is 4.17. The number of amides is 3. The first-order valence-corrected chi connectivity index (χ1v) is 6.66. The van der Waals surface area contributed by atoms with Crippen LogP contribution in [-0.4, -0.2) is 25.1 Å². The maximum absolute atomic E-state index is 11.4. The van der Waals surface area contributed by atoms with Gasteiger partial charge in [0.15, 0.2) is 0 Å². The van der Waals surface area contributed by atoms with E-state index in [2.05, 4.69) is 16.2 Å². The number of carbonyl (C=O) groups is 2. The van der Waals surface area contributed by atoms with Gasteiger partial charge >= 0.3 is 6.03 Å². The van der Waals surface area contributed by atoms with E-state index in [1.54, 1.807) is 6.92 Å². The highest BCUT2D eigenvalue weighted by atomic mass is 16.5. The zero-order chi connectivity index (χ0) is 14.6. The van der Waals surface area contributed by atoms with E-state index in [0.717, 1.165) is 5.56 Å². The van der Waals surface area contributed by atoms with Gasteiger partial charge < -0.3 is 10.1 Å². The minimum absolute atomic E-state index is 0.237. The lowest BCUT2D eigenvalue weighted by Gasteiger charge is -2.08. The fraction of sp³-hybridized carbons (Fsp3) is 0.429. The van der Waals surface area contributed by atoms with E-state index >= 15 is 0 Å². The standard InChI is InChI=1S/C14H21N3O3/c1-2-15-14(19)17-16-13(18)9-6-10-20-11-12-7-4-3-5-8-12/h3-5,7-8H,2,6,9-11H2,1H3,(H,16,18)(H2,15,17,19). The second kappa shape index (κ2) is 9.80. The quantitative estimate of drug-likeness (QED) is 0.520. The Hall–Kier alpha value is -2.08. The third-order valence-corrected chi connectivity index (χ3v) is 2.46. The molecular formula is C14H21N3O3. The Bertz CT molecular complexity index is 409. The van der Waals surface area contributed by atoms with Crippen LogP contribution in [0.15, 0.2) is 30.3 Å². The zero-order valence-corrected chi connectivity index (χ0v) is 11.6. The molecule has 3 amide bonds. The van der Waals surface area contributed by atoms with Crippen molar-refractivity contribution in [3.05, 3.63) is 35.9 Å². The number of hydrazine groups is 1. The molecule has 0 atom stereocenters. The van der Waals surface area contributed by atoms with Crippen LogP contribution < -0.4 is 16.2 Å². The van der Waals surface area contributed by atoms with Gasteiger partial charge in [0.25, 0.3) is 0 Å². The molecule has 3 N–H and O–H groups in total. The van der Waals surface area contributed by atoms with Crippen LogP contribution in [0.5, 0.6) is 0 Å². The highest BCUT2D eigenvalue weighted by Crippen LogP contribution is 2.01. The van der Waals surface area contributed by atoms with Gasteiger partial charge in [-0.15, -0.1) is 0 Å². The smallest absolute Gasteiger partial charge is 0.333 e. The molecule has 1 aromatic rings. The lowest BCUT2D eigenvalue weighted by atomic mass is 10.2. The molecule has 0 fully saturated rings. The minimum atomic E-state index is -0.416. The van der Waals surface area contributed by atoms with Crippen molar-refractivity contribution < 1.29 is 14.3 Å². The Balaban J connectivity index is 2.00. The zero-order valence-electron chi connectivity index (χ0n) is 11.6. The molecule has 20 heavy (non-hydrogen) atoms. The van der Waals surface area contributed by atoms with Gasteiger partial charge in [0, 0.05) is 19.6 Å². The average Bonchev–Trinajstić information content (AvgIpc) is 2.46. The maximum Gasteiger partial charge on any atom is 0.333 e. The molecule has 0 radical (unpaired) electrons. The molecule has 0 aliphatic heterocycles. The molecule has 1 aromatic carbocycles. The van der Waals surface area contributed by atoms with Crippen molar-refractivity contribution in [1.82, 2.24) is 16.2 Å². The molecule has 0 aliphatic carbocycles. The first kappa shape index (κ1) is 16.0. The molecular weight excluding hydrogens is 258 g/mol. The van der Waals surface area contributed by atoms with Gasteiger partial charge in [0.05, 0.1) is 6.61 Å². The Kier molecular flexibility index (Phi) is 7.83. The van der Waals surface area contributed by atoms with Crippen LogP contribution >= 0.6 is 0 Å². The van der Waals surface area contributed by atoms with E-state index in [9.17, 15) is 9.59 Å². The number of nitrogens with one attached hydrogen (secondary N) is 3. The monoisotopic (exact) mass is 279 g/mol. The topological polar surface area (TPSA) is 79.5 Å². The van der Waals surface area contributed by atoms with Gasteiger partial charge in [0.1, 0.15) is 0 Å². The van der Waals surface area contributed by atoms with Crippen LogP contribution in [0.4, 0.5) is 4.79 Å². The Morgan fingerprint density at radius 3 is 2.60 bits per heavy atom. The second-order valence-corrected chi connectivity index (χ2v) is 4.17. The highest BCUT2D eigenvalue weighted by molar-refractivity contribution is 5.80. The summed E-state index contributed by atoms with van der Waals surface area (Å²) in [4.78, 5) is 22.4. The summed E-state index contributed by atoms with van der Waals surface area (Å²) < 4.78 is 5.45. The fourth-order valence-corrected chi connectivity index (χ4v) is 1.49. The van der Waals surface area contributed by atoms with Crippen molar-refractivity contribution in [2.75, 3.05) is 13.2 Å². The SMILES string of the molecule is CCNC(=O)NNC(=O)CCCOCc1ccccc1. The largest absolute Gasteiger partial charge is 0.377 e. The number of hydrogen-bond acceptors (Lipinski definition) is 3. The number of ether oxygens (including phenoxy) is 1. The molecule has 6 nitrogen and oxygen atoms in total. The molecule has 110 valence electrons. The first-order chi connectivity index (χ1) is 9.72. The van der Waals surface area contributed by atoms with Crippen LogP contribution in [-0.2, 0) is 16.1 Å². The van der Waals surface area contributed by atoms with E-state index < -0.39 is 6.03 Å². The number of carbonyl (C=O) groups excluding carboxylic acids is 2. The van der Waals surface area contributed by atoms with E-state index in [4.69, 9.17) is 4.74 Å². The van der Waals surface area contributed by atoms with Gasteiger partial charge in [-0.1, -0.05) is 30.3 Å². The first-order valence-electron chi connectivity index (χ1n) is 6.66. The summed E-state index contributed by atoms with van der Waals surface area (Å²) in [6.07, 6.45) is 0.914. The molecule has 0 unspecified atom stereocenters. The van der Waals surface area contributed by atoms with Crippen molar-refractivity contribution in [1.29, 1.82) is 0 Å². The third kappa shape index (κ3) is 7.38. The van der Waals surface area contributed by atoms with Crippen LogP contribution in [0.3, 0.4) is 0 Å². The summed E-state index contributed by atoms with van der Waals surface area (Å²) in [7, 11) is 0. The van der Waals surface area contributed by atoms with Gasteiger partial charge in [-0.2, -0.15) is 0 Å². The molecule has 0 bridgehead atoms. The number of hydrogen-bond donors (Lipinski definition) is 3. The van der Waals surface area contributed by atoms with Crippen molar-refractivity contribution in [3.8, 4) is 0 Å². The highest BCUT2D eigenvalue weighted by Gasteiger charge is 2.03. The van der Waals surface area contributed by atoms with Crippen LogP contribution in [0.25, 0.3) is 0 Å². The van der Waals surface area contributed by atoms with Crippen LogP contribution in [0.1, 0.15) is 25.3 Å². The van der Waals surface area contributed by atoms with E-state index in [1.165, 1.54) is 0 Å². The van der Waals surface area contributed by atoms with Crippen LogP contribution in [0, 0.1) is 0 Å². The molecule has 0 saturated carbocycles. The predicted octanol–water partition coefficient (Wildman–Crippen LogP) is 1.33. The molecule has 0 aliphatic rings. The molecule has 0 saturated heterocycles. The van der Waals surface area contributed by atoms with Crippen LogP contribution in [0.2, 0.25) is 0 Å². The van der Waals surface area contributed by atoms with Crippen molar-refractivity contribution in [2.24, 2.45) is 0 Å². The minimum Gasteiger partial charge on any atom is -0.377 e. The Labute approximate surface area is 118 Å². The van der Waals surface area contributed by atoms with Crippen molar-refractivity contribution in [2.45, 2.75) is 26.4 Å². The number of rotatable bonds is 7. The van der Waals surface area contributed by atoms with E-state index in [-0.39, 0.29) is 5.91 Å². The summed E-state index contributed by atoms with van der Waals surface area (Å²) in [5.41, 5.74) is 5.69. The van der Waals surface area contributed by atoms with Crippen molar-refractivity contribution >= 4 is 11.9 Å². The maximum atomic E-state index is 11.4. The molecule has 0 heterocycles. The lowest BCUT2D eigenvalue weighted by Crippen LogP contribution is -2.46. The molecule has 0 aromatic heterocycles. The van der Waals surface area contributed by atoms with E-state index in [1.807, 2.05) is 30.3 Å². The predicted molar refractivity (Wildman–Crippen MR) is 75.7 cm³/mol. The van der Waals surface area contributed by atoms with Crippen molar-refractivity contribution in [3.63, 3.8) is 0 Å².